The molecule has 0 spiro atoms. The number of sulfonamides is 1. The quantitative estimate of drug-likeness (QED) is 0.115. The van der Waals surface area contributed by atoms with E-state index < -0.39 is 31.6 Å². The van der Waals surface area contributed by atoms with Crippen molar-refractivity contribution >= 4 is 47.9 Å². The molecule has 0 aliphatic rings. The van der Waals surface area contributed by atoms with Gasteiger partial charge >= 0.3 is 5.51 Å². The van der Waals surface area contributed by atoms with Gasteiger partial charge in [0.05, 0.1) is 27.8 Å². The molecule has 3 aromatic carbocycles. The Balaban J connectivity index is 0.000000459. The van der Waals surface area contributed by atoms with Crippen LogP contribution in [0.3, 0.4) is 0 Å². The van der Waals surface area contributed by atoms with Crippen LogP contribution in [-0.4, -0.2) is 43.7 Å². The molecule has 1 amide bonds. The number of halogens is 3. The summed E-state index contributed by atoms with van der Waals surface area (Å²) in [4.78, 5) is 13.9. The molecule has 0 unspecified atom stereocenters. The monoisotopic (exact) mass is 580 g/mol. The van der Waals surface area contributed by atoms with Crippen molar-refractivity contribution in [3.05, 3.63) is 96.6 Å². The molecule has 13 heteroatoms. The van der Waals surface area contributed by atoms with Crippen molar-refractivity contribution in [1.82, 2.24) is 4.31 Å². The van der Waals surface area contributed by atoms with Crippen LogP contribution >= 0.6 is 0 Å². The molecule has 0 aliphatic carbocycles. The molecule has 0 bridgehead atoms. The Morgan fingerprint density at radius 1 is 0.923 bits per heavy atom. The number of benzene rings is 3. The molecule has 8 nitrogen and oxygen atoms in total. The Bertz CT molecular complexity index is 1710. The molecule has 0 radical (unpaired) electrons. The summed E-state index contributed by atoms with van der Waals surface area (Å²) in [5.74, 6) is -0.575. The lowest BCUT2D eigenvalue weighted by Gasteiger charge is -2.22. The average molecular weight is 581 g/mol. The van der Waals surface area contributed by atoms with Crippen molar-refractivity contribution in [2.45, 2.75) is 17.3 Å². The lowest BCUT2D eigenvalue weighted by atomic mass is 10.0. The molecule has 4 rings (SSSR count). The number of para-hydroxylation sites is 2. The van der Waals surface area contributed by atoms with Crippen LogP contribution in [0.25, 0.3) is 21.8 Å². The first-order chi connectivity index (χ1) is 18.1. The number of nitrogens with zero attached hydrogens (tertiary/aromatic N) is 2. The summed E-state index contributed by atoms with van der Waals surface area (Å²) in [5.41, 5.74) is -2.66. The van der Waals surface area contributed by atoms with E-state index in [2.05, 4.69) is 6.58 Å². The maximum absolute atomic E-state index is 13.9. The molecule has 0 N–H and O–H groups in total. The van der Waals surface area contributed by atoms with E-state index in [9.17, 15) is 26.4 Å². The number of aryl methyl sites for hydroxylation is 2. The fourth-order valence-corrected chi connectivity index (χ4v) is 5.18. The Labute approximate surface area is 223 Å². The molecule has 0 atom stereocenters. The smallest absolute Gasteiger partial charge is 0.485 e. The molecule has 0 aliphatic heterocycles. The Morgan fingerprint density at radius 3 is 1.77 bits per heavy atom. The van der Waals surface area contributed by atoms with Gasteiger partial charge in [-0.3, -0.25) is 4.79 Å². The van der Waals surface area contributed by atoms with Gasteiger partial charge < -0.3 is 4.55 Å². The molecule has 4 aromatic rings. The van der Waals surface area contributed by atoms with Crippen LogP contribution in [0.2, 0.25) is 0 Å². The Kier molecular flexibility index (Phi) is 8.48. The number of hydrogen-bond acceptors (Lipinski definition) is 6. The molecule has 0 saturated carbocycles. The molecule has 39 heavy (non-hydrogen) atoms. The highest BCUT2D eigenvalue weighted by Gasteiger charge is 2.37. The van der Waals surface area contributed by atoms with Gasteiger partial charge in [-0.25, -0.2) is 21.1 Å². The van der Waals surface area contributed by atoms with Crippen LogP contribution < -0.4 is 4.57 Å². The summed E-state index contributed by atoms with van der Waals surface area (Å²) < 4.78 is 88.7. The molecular weight excluding hydrogens is 557 g/mol. The third kappa shape index (κ3) is 6.10. The first-order valence-electron chi connectivity index (χ1n) is 11.2. The summed E-state index contributed by atoms with van der Waals surface area (Å²) in [6, 6.07) is 21.5. The van der Waals surface area contributed by atoms with E-state index in [0.717, 1.165) is 20.9 Å². The molecule has 206 valence electrons. The standard InChI is InChI=1S/C25H23N2O3S.CHF3O3S/c1-4-17-27(31(29,30)19-15-13-18(2)14-16-19)25(28)24-20-9-5-7-11-22(20)26(3)23-12-8-6-10-21(23)24;2-1(3,4)8(5,6)7/h4-16H,1,17H2,2-3H3;(H,5,6,7)/q+1;/p-1. The predicted molar refractivity (Wildman–Crippen MR) is 138 cm³/mol. The topological polar surface area (TPSA) is 116 Å². The number of fused-ring (bicyclic) bond motifs is 2. The number of amides is 1. The lowest BCUT2D eigenvalue weighted by molar-refractivity contribution is -0.617. The van der Waals surface area contributed by atoms with Crippen molar-refractivity contribution in [3.63, 3.8) is 0 Å². The van der Waals surface area contributed by atoms with Gasteiger partial charge in [-0.2, -0.15) is 17.7 Å². The number of alkyl halides is 3. The van der Waals surface area contributed by atoms with E-state index in [1.54, 1.807) is 12.1 Å². The van der Waals surface area contributed by atoms with Gasteiger partial charge in [0, 0.05) is 12.1 Å². The van der Waals surface area contributed by atoms with Crippen molar-refractivity contribution in [2.24, 2.45) is 7.05 Å². The van der Waals surface area contributed by atoms with Gasteiger partial charge in [0.1, 0.15) is 7.05 Å². The van der Waals surface area contributed by atoms with Crippen molar-refractivity contribution in [3.8, 4) is 0 Å². The predicted octanol–water partition coefficient (Wildman–Crippen LogP) is 4.19. The summed E-state index contributed by atoms with van der Waals surface area (Å²) in [6.45, 7) is 5.43. The van der Waals surface area contributed by atoms with E-state index in [-0.39, 0.29) is 11.4 Å². The third-order valence-corrected chi connectivity index (χ3v) is 8.03. The minimum Gasteiger partial charge on any atom is -0.741 e. The normalized spacial score (nSPS) is 12.1. The lowest BCUT2D eigenvalue weighted by Crippen LogP contribution is -2.38. The zero-order valence-corrected chi connectivity index (χ0v) is 22.3. The number of carbonyl (C=O) groups excluding carboxylic acids is 1. The highest BCUT2D eigenvalue weighted by molar-refractivity contribution is 7.89. The molecular formula is C26H23F3N2O6S2. The molecule has 0 fully saturated rings. The van der Waals surface area contributed by atoms with Crippen LogP contribution in [-0.2, 0) is 27.2 Å². The van der Waals surface area contributed by atoms with Gasteiger partial charge in [-0.1, -0.05) is 48.0 Å². The number of pyridine rings is 1. The third-order valence-electron chi connectivity index (χ3n) is 5.70. The van der Waals surface area contributed by atoms with Gasteiger partial charge in [0.15, 0.2) is 10.1 Å². The van der Waals surface area contributed by atoms with Crippen LogP contribution in [0.4, 0.5) is 13.2 Å². The van der Waals surface area contributed by atoms with Gasteiger partial charge in [-0.15, -0.1) is 6.58 Å². The maximum atomic E-state index is 13.9. The SMILES string of the molecule is C=CCN(C(=O)c1c2ccccc2[n+](C)c2ccccc12)S(=O)(=O)c1ccc(C)cc1.O=S(=O)([O-])C(F)(F)F. The van der Waals surface area contributed by atoms with Crippen LogP contribution in [0.5, 0.6) is 0 Å². The van der Waals surface area contributed by atoms with E-state index >= 15 is 0 Å². The second kappa shape index (κ2) is 11.1. The van der Waals surface area contributed by atoms with E-state index in [1.165, 1.54) is 18.2 Å². The Hall–Kier alpha value is -3.81. The van der Waals surface area contributed by atoms with Crippen LogP contribution in [0.1, 0.15) is 15.9 Å². The zero-order chi connectivity index (χ0) is 29.2. The fourth-order valence-electron chi connectivity index (χ4n) is 3.83. The van der Waals surface area contributed by atoms with Crippen LogP contribution in [0, 0.1) is 6.92 Å². The van der Waals surface area contributed by atoms with Crippen molar-refractivity contribution < 1.29 is 43.9 Å². The average Bonchev–Trinajstić information content (AvgIpc) is 2.87. The zero-order valence-electron chi connectivity index (χ0n) is 20.7. The van der Waals surface area contributed by atoms with Gasteiger partial charge in [-0.05, 0) is 31.2 Å². The van der Waals surface area contributed by atoms with Crippen LogP contribution in [0.15, 0.2) is 90.3 Å². The van der Waals surface area contributed by atoms with Crippen molar-refractivity contribution in [1.29, 1.82) is 0 Å². The first kappa shape index (κ1) is 29.7. The highest BCUT2D eigenvalue weighted by atomic mass is 32.2. The summed E-state index contributed by atoms with van der Waals surface area (Å²) in [7, 11) is -8.23. The molecule has 1 aromatic heterocycles. The maximum Gasteiger partial charge on any atom is 0.485 e. The second-order valence-electron chi connectivity index (χ2n) is 8.31. The highest BCUT2D eigenvalue weighted by Crippen LogP contribution is 2.28. The Morgan fingerprint density at radius 2 is 1.36 bits per heavy atom. The second-order valence-corrected chi connectivity index (χ2v) is 11.5. The summed E-state index contributed by atoms with van der Waals surface area (Å²) >= 11 is 0. The first-order valence-corrected chi connectivity index (χ1v) is 14.0. The van der Waals surface area contributed by atoms with Gasteiger partial charge in [0.25, 0.3) is 15.9 Å². The van der Waals surface area contributed by atoms with E-state index in [1.807, 2.05) is 67.1 Å². The minimum absolute atomic E-state index is 0.0726. The van der Waals surface area contributed by atoms with Gasteiger partial charge in [0.2, 0.25) is 11.0 Å². The minimum atomic E-state index is -6.09. The largest absolute Gasteiger partial charge is 0.741 e. The summed E-state index contributed by atoms with van der Waals surface area (Å²) in [5, 5.41) is 1.39. The molecule has 1 heterocycles. The van der Waals surface area contributed by atoms with E-state index in [0.29, 0.717) is 16.3 Å². The van der Waals surface area contributed by atoms with Crippen molar-refractivity contribution in [2.75, 3.05) is 6.54 Å². The molecule has 0 saturated heterocycles. The van der Waals surface area contributed by atoms with E-state index in [4.69, 9.17) is 13.0 Å². The number of hydrogen-bond donors (Lipinski definition) is 0. The summed E-state index contributed by atoms with van der Waals surface area (Å²) in [6.07, 6.45) is 1.43. The number of rotatable bonds is 5. The number of carbonyl (C=O) groups is 1. The number of aromatic nitrogens is 1. The fraction of sp³-hybridized carbons (Fsp3) is 0.154.